The Bertz CT molecular complexity index is 995. The van der Waals surface area contributed by atoms with Crippen LogP contribution in [-0.2, 0) is 0 Å². The number of fused-ring (bicyclic) bond motifs is 1. The summed E-state index contributed by atoms with van der Waals surface area (Å²) >= 11 is 5.01. The van der Waals surface area contributed by atoms with Gasteiger partial charge in [0.2, 0.25) is 0 Å². The van der Waals surface area contributed by atoms with Crippen LogP contribution in [0.4, 0.5) is 11.5 Å². The van der Waals surface area contributed by atoms with Crippen molar-refractivity contribution in [3.8, 4) is 0 Å². The normalized spacial score (nSPS) is 14.2. The molecule has 0 spiro atoms. The molecule has 1 aliphatic heterocycles. The molecule has 5 nitrogen and oxygen atoms in total. The predicted octanol–water partition coefficient (Wildman–Crippen LogP) is 4.92. The summed E-state index contributed by atoms with van der Waals surface area (Å²) in [7, 11) is 0. The van der Waals surface area contributed by atoms with Gasteiger partial charge >= 0.3 is 0 Å². The van der Waals surface area contributed by atoms with Crippen LogP contribution in [0.1, 0.15) is 33.6 Å². The highest BCUT2D eigenvalue weighted by Crippen LogP contribution is 2.36. The van der Waals surface area contributed by atoms with Gasteiger partial charge in [0, 0.05) is 28.1 Å². The molecule has 26 heavy (non-hydrogen) atoms. The summed E-state index contributed by atoms with van der Waals surface area (Å²) in [5.74, 6) is 0.781. The highest BCUT2D eigenvalue weighted by atomic mass is 79.9. The Morgan fingerprint density at radius 1 is 1.23 bits per heavy atom. The van der Waals surface area contributed by atoms with Crippen LogP contribution in [0.5, 0.6) is 0 Å². The van der Waals surface area contributed by atoms with Crippen molar-refractivity contribution in [3.63, 3.8) is 0 Å². The van der Waals surface area contributed by atoms with E-state index in [4.69, 9.17) is 0 Å². The number of hydrogen-bond acceptors (Lipinski definition) is 5. The van der Waals surface area contributed by atoms with Crippen LogP contribution in [0, 0.1) is 13.8 Å². The number of rotatable bonds is 3. The van der Waals surface area contributed by atoms with Crippen LogP contribution in [0.2, 0.25) is 0 Å². The van der Waals surface area contributed by atoms with E-state index in [1.807, 2.05) is 32.0 Å². The summed E-state index contributed by atoms with van der Waals surface area (Å²) in [4.78, 5) is 26.1. The Labute approximate surface area is 164 Å². The maximum Gasteiger partial charge on any atom is 0.257 e. The van der Waals surface area contributed by atoms with E-state index in [1.54, 1.807) is 17.7 Å². The molecule has 3 aromatic rings. The zero-order chi connectivity index (χ0) is 18.3. The Hall–Kier alpha value is -1.99. The molecule has 1 amide bonds. The fourth-order valence-corrected chi connectivity index (χ4v) is 4.88. The second kappa shape index (κ2) is 6.96. The zero-order valence-corrected chi connectivity index (χ0v) is 17.1. The van der Waals surface area contributed by atoms with Gasteiger partial charge in [0.15, 0.2) is 0 Å². The van der Waals surface area contributed by atoms with Crippen molar-refractivity contribution < 1.29 is 4.79 Å². The minimum atomic E-state index is -0.102. The summed E-state index contributed by atoms with van der Waals surface area (Å²) in [6.45, 7) is 5.92. The molecule has 7 heteroatoms. The van der Waals surface area contributed by atoms with Crippen molar-refractivity contribution in [1.82, 2.24) is 9.97 Å². The van der Waals surface area contributed by atoms with Gasteiger partial charge in [-0.1, -0.05) is 15.9 Å². The first-order valence-electron chi connectivity index (χ1n) is 8.61. The molecule has 1 aliphatic rings. The van der Waals surface area contributed by atoms with Crippen LogP contribution < -0.4 is 10.2 Å². The highest BCUT2D eigenvalue weighted by Gasteiger charge is 2.25. The monoisotopic (exact) mass is 430 g/mol. The first-order chi connectivity index (χ1) is 12.5. The molecule has 0 saturated carbocycles. The van der Waals surface area contributed by atoms with Gasteiger partial charge in [0.25, 0.3) is 5.91 Å². The van der Waals surface area contributed by atoms with Gasteiger partial charge in [-0.3, -0.25) is 4.79 Å². The second-order valence-electron chi connectivity index (χ2n) is 6.52. The average molecular weight is 431 g/mol. The molecule has 1 aromatic carbocycles. The number of thiophene rings is 1. The molecule has 2 aromatic heterocycles. The molecule has 1 fully saturated rings. The topological polar surface area (TPSA) is 58.1 Å². The van der Waals surface area contributed by atoms with Crippen LogP contribution in [0.3, 0.4) is 0 Å². The van der Waals surface area contributed by atoms with E-state index in [0.29, 0.717) is 5.56 Å². The third kappa shape index (κ3) is 3.10. The highest BCUT2D eigenvalue weighted by molar-refractivity contribution is 9.10. The molecule has 4 rings (SSSR count). The lowest BCUT2D eigenvalue weighted by Crippen LogP contribution is -2.20. The molecule has 134 valence electrons. The van der Waals surface area contributed by atoms with Gasteiger partial charge in [-0.15, -0.1) is 11.3 Å². The average Bonchev–Trinajstić information content (AvgIpc) is 3.23. The molecule has 3 heterocycles. The maximum absolute atomic E-state index is 13.1. The number of amides is 1. The molecule has 0 atom stereocenters. The van der Waals surface area contributed by atoms with E-state index in [1.165, 1.54) is 0 Å². The summed E-state index contributed by atoms with van der Waals surface area (Å²) in [5.41, 5.74) is 2.52. The lowest BCUT2D eigenvalue weighted by Gasteiger charge is -2.18. The first-order valence-corrected chi connectivity index (χ1v) is 10.2. The lowest BCUT2D eigenvalue weighted by molar-refractivity contribution is 0.102. The number of carbonyl (C=O) groups excluding carboxylic acids is 1. The summed E-state index contributed by atoms with van der Waals surface area (Å²) < 4.78 is 0.995. The lowest BCUT2D eigenvalue weighted by atomic mass is 10.1. The van der Waals surface area contributed by atoms with Crippen LogP contribution in [0.25, 0.3) is 10.2 Å². The number of halogens is 1. The molecule has 0 bridgehead atoms. The smallest absolute Gasteiger partial charge is 0.257 e. The van der Waals surface area contributed by atoms with Crippen LogP contribution >= 0.6 is 27.3 Å². The largest absolute Gasteiger partial charge is 0.356 e. The molecule has 0 unspecified atom stereocenters. The van der Waals surface area contributed by atoms with Crippen molar-refractivity contribution in [1.29, 1.82) is 0 Å². The zero-order valence-electron chi connectivity index (χ0n) is 14.7. The van der Waals surface area contributed by atoms with E-state index in [9.17, 15) is 4.79 Å². The number of carbonyl (C=O) groups is 1. The van der Waals surface area contributed by atoms with Crippen molar-refractivity contribution in [2.45, 2.75) is 26.7 Å². The van der Waals surface area contributed by atoms with Gasteiger partial charge in [0.1, 0.15) is 17.0 Å². The quantitative estimate of drug-likeness (QED) is 0.640. The number of hydrogen-bond donors (Lipinski definition) is 1. The third-order valence-corrected chi connectivity index (χ3v) is 6.22. The second-order valence-corrected chi connectivity index (χ2v) is 8.64. The van der Waals surface area contributed by atoms with E-state index < -0.39 is 0 Å². The van der Waals surface area contributed by atoms with Crippen molar-refractivity contribution >= 4 is 54.9 Å². The third-order valence-electron chi connectivity index (χ3n) is 4.71. The van der Waals surface area contributed by atoms with E-state index >= 15 is 0 Å². The van der Waals surface area contributed by atoms with Gasteiger partial charge in [-0.2, -0.15) is 0 Å². The van der Waals surface area contributed by atoms with E-state index in [2.05, 4.69) is 36.1 Å². The predicted molar refractivity (Wildman–Crippen MR) is 110 cm³/mol. The Balaban J connectivity index is 1.77. The number of nitrogens with one attached hydrogen (secondary N) is 1. The SMILES string of the molecule is Cc1cc(Br)ccc1NC(=O)c1c(C)sc2ncnc(N3CCCC3)c12. The van der Waals surface area contributed by atoms with Crippen molar-refractivity contribution in [2.75, 3.05) is 23.3 Å². The number of aromatic nitrogens is 2. The summed E-state index contributed by atoms with van der Waals surface area (Å²) in [6, 6.07) is 5.84. The maximum atomic E-state index is 13.1. The van der Waals surface area contributed by atoms with E-state index in [0.717, 1.165) is 62.6 Å². The Kier molecular flexibility index (Phi) is 4.67. The molecule has 1 N–H and O–H groups in total. The van der Waals surface area contributed by atoms with Crippen molar-refractivity contribution in [3.05, 3.63) is 45.0 Å². The molecule has 0 aliphatic carbocycles. The molecule has 0 radical (unpaired) electrons. The summed E-state index contributed by atoms with van der Waals surface area (Å²) in [5, 5.41) is 3.94. The fourth-order valence-electron chi connectivity index (χ4n) is 3.42. The minimum Gasteiger partial charge on any atom is -0.356 e. The van der Waals surface area contributed by atoms with Gasteiger partial charge in [0.05, 0.1) is 10.9 Å². The fraction of sp³-hybridized carbons (Fsp3) is 0.316. The number of aryl methyl sites for hydroxylation is 2. The summed E-state index contributed by atoms with van der Waals surface area (Å²) in [6.07, 6.45) is 3.93. The van der Waals surface area contributed by atoms with Crippen LogP contribution in [0.15, 0.2) is 29.0 Å². The molecular weight excluding hydrogens is 412 g/mol. The van der Waals surface area contributed by atoms with Gasteiger partial charge < -0.3 is 10.2 Å². The minimum absolute atomic E-state index is 0.102. The number of nitrogens with zero attached hydrogens (tertiary/aromatic N) is 3. The Morgan fingerprint density at radius 2 is 2.00 bits per heavy atom. The van der Waals surface area contributed by atoms with Crippen molar-refractivity contribution in [2.24, 2.45) is 0 Å². The van der Waals surface area contributed by atoms with Crippen LogP contribution in [-0.4, -0.2) is 29.0 Å². The number of anilines is 2. The first kappa shape index (κ1) is 17.4. The number of benzene rings is 1. The molecule has 1 saturated heterocycles. The standard InChI is InChI=1S/C19H19BrN4OS/c1-11-9-13(20)5-6-14(11)23-18(25)15-12(2)26-19-16(15)17(21-10-22-19)24-7-3-4-8-24/h5-6,9-10H,3-4,7-8H2,1-2H3,(H,23,25). The van der Waals surface area contributed by atoms with Gasteiger partial charge in [-0.05, 0) is 50.5 Å². The molecular formula is C19H19BrN4OS. The van der Waals surface area contributed by atoms with E-state index in [-0.39, 0.29) is 5.91 Å². The Morgan fingerprint density at radius 3 is 2.73 bits per heavy atom. The van der Waals surface area contributed by atoms with Gasteiger partial charge in [-0.25, -0.2) is 9.97 Å².